The summed E-state index contributed by atoms with van der Waals surface area (Å²) in [6, 6.07) is 0. The predicted octanol–water partition coefficient (Wildman–Crippen LogP) is 5.04. The second kappa shape index (κ2) is 4.40. The summed E-state index contributed by atoms with van der Waals surface area (Å²) < 4.78 is 0. The van der Waals surface area contributed by atoms with E-state index in [1.165, 1.54) is 50.6 Å². The van der Waals surface area contributed by atoms with Crippen LogP contribution in [0.2, 0.25) is 0 Å². The highest BCUT2D eigenvalue weighted by atomic mass is 14.7. The lowest BCUT2D eigenvalue weighted by Crippen LogP contribution is -2.50. The number of rotatable bonds is 0. The Hall–Kier alpha value is -0.720. The molecule has 1 heteroatoms. The molecule has 6 unspecified atom stereocenters. The van der Waals surface area contributed by atoms with Crippen LogP contribution in [0.25, 0.3) is 0 Å². The molecule has 0 radical (unpaired) electrons. The van der Waals surface area contributed by atoms with Crippen molar-refractivity contribution < 1.29 is 0 Å². The first-order chi connectivity index (χ1) is 9.95. The zero-order chi connectivity index (χ0) is 14.8. The van der Waals surface area contributed by atoms with Gasteiger partial charge in [-0.15, -0.1) is 0 Å². The summed E-state index contributed by atoms with van der Waals surface area (Å²) >= 11 is 0. The van der Waals surface area contributed by atoms with Crippen LogP contribution in [0.1, 0.15) is 65.7 Å². The summed E-state index contributed by atoms with van der Waals surface area (Å²) in [5.74, 6) is 3.51. The van der Waals surface area contributed by atoms with Gasteiger partial charge in [-0.05, 0) is 74.0 Å². The van der Waals surface area contributed by atoms with Crippen molar-refractivity contribution in [3.05, 3.63) is 23.4 Å². The number of allylic oxidation sites excluding steroid dienone is 4. The van der Waals surface area contributed by atoms with Gasteiger partial charge < -0.3 is 5.73 Å². The van der Waals surface area contributed by atoms with E-state index in [4.69, 9.17) is 5.73 Å². The summed E-state index contributed by atoms with van der Waals surface area (Å²) in [4.78, 5) is 0. The van der Waals surface area contributed by atoms with Gasteiger partial charge in [-0.3, -0.25) is 0 Å². The highest BCUT2D eigenvalue weighted by molar-refractivity contribution is 5.28. The molecule has 21 heavy (non-hydrogen) atoms. The van der Waals surface area contributed by atoms with Crippen LogP contribution in [-0.4, -0.2) is 0 Å². The minimum atomic E-state index is 0.310. The lowest BCUT2D eigenvalue weighted by Gasteiger charge is -2.57. The van der Waals surface area contributed by atoms with Crippen LogP contribution >= 0.6 is 0 Å². The molecule has 0 aromatic carbocycles. The molecule has 4 rings (SSSR count). The Labute approximate surface area is 130 Å². The Morgan fingerprint density at radius 2 is 1.76 bits per heavy atom. The van der Waals surface area contributed by atoms with Gasteiger partial charge in [-0.1, -0.05) is 38.5 Å². The van der Waals surface area contributed by atoms with Gasteiger partial charge in [-0.2, -0.15) is 0 Å². The number of fused-ring (bicyclic) bond motifs is 5. The predicted molar refractivity (Wildman–Crippen MR) is 88.5 cm³/mol. The molecule has 0 saturated heterocycles. The quantitative estimate of drug-likeness (QED) is 0.620. The molecule has 0 amide bonds. The van der Waals surface area contributed by atoms with Crippen molar-refractivity contribution in [3.8, 4) is 0 Å². The van der Waals surface area contributed by atoms with Crippen LogP contribution in [0.4, 0.5) is 0 Å². The Bertz CT molecular complexity index is 516. The second-order valence-electron chi connectivity index (χ2n) is 8.96. The molecule has 0 aromatic heterocycles. The van der Waals surface area contributed by atoms with Crippen molar-refractivity contribution in [2.45, 2.75) is 65.7 Å². The molecule has 6 atom stereocenters. The largest absolute Gasteiger partial charge is 0.402 e. The van der Waals surface area contributed by atoms with Crippen LogP contribution in [-0.2, 0) is 0 Å². The van der Waals surface area contributed by atoms with Gasteiger partial charge in [0.1, 0.15) is 0 Å². The second-order valence-corrected chi connectivity index (χ2v) is 8.96. The minimum absolute atomic E-state index is 0.310. The number of hydrogen-bond acceptors (Lipinski definition) is 1. The lowest BCUT2D eigenvalue weighted by molar-refractivity contribution is -0.0207. The van der Waals surface area contributed by atoms with Crippen molar-refractivity contribution in [3.63, 3.8) is 0 Å². The van der Waals surface area contributed by atoms with Gasteiger partial charge in [0.25, 0.3) is 0 Å². The smallest absolute Gasteiger partial charge is 0.0103 e. The molecule has 4 aliphatic rings. The normalized spacial score (nSPS) is 52.3. The van der Waals surface area contributed by atoms with Crippen LogP contribution in [0.15, 0.2) is 23.4 Å². The van der Waals surface area contributed by atoms with Gasteiger partial charge >= 0.3 is 0 Å². The lowest BCUT2D eigenvalue weighted by atomic mass is 9.47. The van der Waals surface area contributed by atoms with Crippen molar-refractivity contribution >= 4 is 0 Å². The van der Waals surface area contributed by atoms with E-state index in [1.807, 2.05) is 5.57 Å². The molecule has 1 nitrogen and oxygen atoms in total. The topological polar surface area (TPSA) is 26.0 Å². The summed E-state index contributed by atoms with van der Waals surface area (Å²) in [5.41, 5.74) is 10.2. The van der Waals surface area contributed by atoms with Gasteiger partial charge in [0.05, 0.1) is 0 Å². The average molecular weight is 285 g/mol. The van der Waals surface area contributed by atoms with Crippen molar-refractivity contribution in [2.24, 2.45) is 40.2 Å². The highest BCUT2D eigenvalue weighted by Gasteiger charge is 2.56. The molecule has 2 saturated carbocycles. The van der Waals surface area contributed by atoms with E-state index < -0.39 is 0 Å². The molecular formula is C20H31N. The first kappa shape index (κ1) is 13.9. The Balaban J connectivity index is 1.68. The molecule has 0 aromatic rings. The van der Waals surface area contributed by atoms with E-state index in [0.29, 0.717) is 10.8 Å². The van der Waals surface area contributed by atoms with Crippen molar-refractivity contribution in [1.82, 2.24) is 0 Å². The van der Waals surface area contributed by atoms with E-state index in [1.54, 1.807) is 0 Å². The standard InChI is InChI=1S/C20H31N/c1-13-8-10-19(2)14(12-13)4-5-15-16-6-7-18(21)20(16,3)11-9-17(15)19/h4,7,13,15-17H,5-6,8-12,21H2,1-3H3. The Kier molecular flexibility index (Phi) is 2.91. The third kappa shape index (κ3) is 1.75. The average Bonchev–Trinajstić information content (AvgIpc) is 2.76. The fourth-order valence-electron chi connectivity index (χ4n) is 6.44. The zero-order valence-corrected chi connectivity index (χ0v) is 14.0. The van der Waals surface area contributed by atoms with Crippen LogP contribution in [0.5, 0.6) is 0 Å². The Morgan fingerprint density at radius 1 is 1.00 bits per heavy atom. The van der Waals surface area contributed by atoms with E-state index in [0.717, 1.165) is 23.7 Å². The molecule has 2 fully saturated rings. The molecule has 0 bridgehead atoms. The van der Waals surface area contributed by atoms with E-state index >= 15 is 0 Å². The third-order valence-corrected chi connectivity index (χ3v) is 7.99. The SMILES string of the molecule is CC1CCC2(C)C(=CCC3C4CC=C(N)C4(C)CCC32)C1. The van der Waals surface area contributed by atoms with Gasteiger partial charge in [0, 0.05) is 11.1 Å². The van der Waals surface area contributed by atoms with Gasteiger partial charge in [0.15, 0.2) is 0 Å². The summed E-state index contributed by atoms with van der Waals surface area (Å²) in [5, 5.41) is 0. The monoisotopic (exact) mass is 285 g/mol. The fraction of sp³-hybridized carbons (Fsp3) is 0.800. The molecule has 2 N–H and O–H groups in total. The molecule has 0 aliphatic heterocycles. The third-order valence-electron chi connectivity index (χ3n) is 7.99. The van der Waals surface area contributed by atoms with Crippen LogP contribution in [0.3, 0.4) is 0 Å². The maximum Gasteiger partial charge on any atom is 0.0103 e. The molecule has 116 valence electrons. The summed E-state index contributed by atoms with van der Waals surface area (Å²) in [6.07, 6.45) is 14.5. The highest BCUT2D eigenvalue weighted by Crippen LogP contribution is 2.64. The summed E-state index contributed by atoms with van der Waals surface area (Å²) in [7, 11) is 0. The minimum Gasteiger partial charge on any atom is -0.402 e. The molecular weight excluding hydrogens is 254 g/mol. The number of nitrogens with two attached hydrogens (primary N) is 1. The van der Waals surface area contributed by atoms with E-state index in [-0.39, 0.29) is 0 Å². The Morgan fingerprint density at radius 3 is 2.57 bits per heavy atom. The van der Waals surface area contributed by atoms with E-state index in [2.05, 4.69) is 32.9 Å². The maximum absolute atomic E-state index is 6.37. The van der Waals surface area contributed by atoms with Crippen molar-refractivity contribution in [2.75, 3.05) is 0 Å². The van der Waals surface area contributed by atoms with E-state index in [9.17, 15) is 0 Å². The molecule has 0 spiro atoms. The molecule has 0 heterocycles. The number of hydrogen-bond donors (Lipinski definition) is 1. The van der Waals surface area contributed by atoms with Crippen LogP contribution < -0.4 is 5.73 Å². The summed E-state index contributed by atoms with van der Waals surface area (Å²) in [6.45, 7) is 7.47. The molecule has 4 aliphatic carbocycles. The van der Waals surface area contributed by atoms with Gasteiger partial charge in [-0.25, -0.2) is 0 Å². The maximum atomic E-state index is 6.37. The fourth-order valence-corrected chi connectivity index (χ4v) is 6.44. The van der Waals surface area contributed by atoms with Gasteiger partial charge in [0.2, 0.25) is 0 Å². The first-order valence-corrected chi connectivity index (χ1v) is 9.11. The zero-order valence-electron chi connectivity index (χ0n) is 14.0. The van der Waals surface area contributed by atoms with Crippen LogP contribution in [0, 0.1) is 34.5 Å². The van der Waals surface area contributed by atoms with Crippen molar-refractivity contribution in [1.29, 1.82) is 0 Å². The first-order valence-electron chi connectivity index (χ1n) is 9.11.